The lowest BCUT2D eigenvalue weighted by atomic mass is 9.95. The molecule has 14 heteroatoms. The summed E-state index contributed by atoms with van der Waals surface area (Å²) in [6.07, 6.45) is -4.37. The molecule has 3 heterocycles. The molecule has 8 nitrogen and oxygen atoms in total. The van der Waals surface area contributed by atoms with Gasteiger partial charge in [0, 0.05) is 65.5 Å². The van der Waals surface area contributed by atoms with Gasteiger partial charge in [-0.2, -0.15) is 18.2 Å². The number of anilines is 1. The zero-order valence-electron chi connectivity index (χ0n) is 26.3. The van der Waals surface area contributed by atoms with Gasteiger partial charge in [0.15, 0.2) is 0 Å². The van der Waals surface area contributed by atoms with E-state index in [2.05, 4.69) is 4.98 Å². The van der Waals surface area contributed by atoms with Gasteiger partial charge in [-0.1, -0.05) is 13.3 Å². The van der Waals surface area contributed by atoms with Crippen LogP contribution in [0.2, 0.25) is 0 Å². The van der Waals surface area contributed by atoms with Gasteiger partial charge in [-0.25, -0.2) is 18.4 Å². The maximum atomic E-state index is 15.3. The van der Waals surface area contributed by atoms with Crippen molar-refractivity contribution in [2.24, 2.45) is 0 Å². The molecule has 46 heavy (non-hydrogen) atoms. The van der Waals surface area contributed by atoms with Crippen LogP contribution in [-0.4, -0.2) is 70.3 Å². The summed E-state index contributed by atoms with van der Waals surface area (Å²) in [6.45, 7) is 10.0. The van der Waals surface area contributed by atoms with E-state index in [0.29, 0.717) is 12.7 Å². The fraction of sp³-hybridized carbons (Fsp3) is 0.531. The van der Waals surface area contributed by atoms with E-state index in [9.17, 15) is 27.2 Å². The average molecular weight is 669 g/mol. The van der Waals surface area contributed by atoms with Gasteiger partial charge in [0.1, 0.15) is 23.1 Å². The molecule has 3 aromatic rings. The number of thioether (sulfide) groups is 1. The summed E-state index contributed by atoms with van der Waals surface area (Å²) < 4.78 is 86.7. The van der Waals surface area contributed by atoms with Crippen molar-refractivity contribution in [3.05, 3.63) is 51.9 Å². The van der Waals surface area contributed by atoms with Crippen LogP contribution in [0.25, 0.3) is 22.0 Å². The number of amides is 1. The van der Waals surface area contributed by atoms with Gasteiger partial charge in [-0.15, -0.1) is 11.8 Å². The molecule has 0 unspecified atom stereocenters. The number of hydrogen-bond acceptors (Lipinski definition) is 7. The first kappa shape index (κ1) is 34.0. The molecule has 5 rings (SSSR count). The minimum Gasteiger partial charge on any atom is -0.444 e. The van der Waals surface area contributed by atoms with E-state index >= 15 is 4.39 Å². The summed E-state index contributed by atoms with van der Waals surface area (Å²) in [6, 6.07) is 2.90. The van der Waals surface area contributed by atoms with Gasteiger partial charge < -0.3 is 19.3 Å². The monoisotopic (exact) mass is 668 g/mol. The number of piperazine rings is 1. The molecule has 0 radical (unpaired) electrons. The van der Waals surface area contributed by atoms with Crippen LogP contribution < -0.4 is 10.6 Å². The molecule has 0 N–H and O–H groups in total. The van der Waals surface area contributed by atoms with Crippen LogP contribution in [0.4, 0.5) is 32.6 Å². The van der Waals surface area contributed by atoms with Crippen LogP contribution in [0, 0.1) is 11.6 Å². The number of benzene rings is 2. The Bertz CT molecular complexity index is 1690. The second-order valence-corrected chi connectivity index (χ2v) is 13.6. The summed E-state index contributed by atoms with van der Waals surface area (Å²) in [5.41, 5.74) is -3.26. The van der Waals surface area contributed by atoms with Crippen molar-refractivity contribution in [3.63, 3.8) is 0 Å². The fourth-order valence-corrected chi connectivity index (χ4v) is 7.07. The Morgan fingerprint density at radius 3 is 2.48 bits per heavy atom. The molecule has 0 saturated carbocycles. The lowest BCUT2D eigenvalue weighted by molar-refractivity contribution is -0.137. The maximum absolute atomic E-state index is 15.3. The molecule has 1 aromatic heterocycles. The highest BCUT2D eigenvalue weighted by molar-refractivity contribution is 7.99. The van der Waals surface area contributed by atoms with Crippen LogP contribution in [0.5, 0.6) is 0 Å². The third kappa shape index (κ3) is 6.97. The van der Waals surface area contributed by atoms with Crippen molar-refractivity contribution in [1.29, 1.82) is 0 Å². The van der Waals surface area contributed by atoms with Gasteiger partial charge in [0.2, 0.25) is 0 Å². The van der Waals surface area contributed by atoms with Crippen molar-refractivity contribution >= 4 is 34.6 Å². The molecule has 0 bridgehead atoms. The maximum Gasteiger partial charge on any atom is 0.417 e. The van der Waals surface area contributed by atoms with E-state index in [1.807, 2.05) is 6.92 Å². The van der Waals surface area contributed by atoms with Gasteiger partial charge >= 0.3 is 18.0 Å². The third-order valence-corrected chi connectivity index (χ3v) is 9.13. The second-order valence-electron chi connectivity index (χ2n) is 12.6. The van der Waals surface area contributed by atoms with Crippen LogP contribution in [0.3, 0.4) is 0 Å². The molecular weight excluding hydrogens is 631 g/mol. The van der Waals surface area contributed by atoms with Crippen molar-refractivity contribution in [1.82, 2.24) is 14.5 Å². The van der Waals surface area contributed by atoms with E-state index in [1.54, 1.807) is 32.6 Å². The van der Waals surface area contributed by atoms with Crippen molar-refractivity contribution in [2.75, 3.05) is 36.9 Å². The Balaban J connectivity index is 1.71. The van der Waals surface area contributed by atoms with Crippen LogP contribution in [0.1, 0.15) is 53.0 Å². The van der Waals surface area contributed by atoms with E-state index in [0.717, 1.165) is 42.8 Å². The molecule has 2 atom stereocenters. The number of halogens is 5. The highest BCUT2D eigenvalue weighted by atomic mass is 32.2. The van der Waals surface area contributed by atoms with Crippen LogP contribution in [-0.2, 0) is 22.2 Å². The molecular formula is C32H37F5N4O4S. The van der Waals surface area contributed by atoms with E-state index in [4.69, 9.17) is 9.47 Å². The van der Waals surface area contributed by atoms with E-state index < -0.39 is 64.0 Å². The van der Waals surface area contributed by atoms with Crippen LogP contribution >= 0.6 is 11.8 Å². The molecule has 1 amide bonds. The molecule has 0 spiro atoms. The Morgan fingerprint density at radius 2 is 1.85 bits per heavy atom. The summed E-state index contributed by atoms with van der Waals surface area (Å²) in [5, 5.41) is 0.0625. The van der Waals surface area contributed by atoms with Crippen LogP contribution in [0.15, 0.2) is 34.0 Å². The molecule has 1 saturated heterocycles. The largest absolute Gasteiger partial charge is 0.444 e. The SMILES string of the molecule is CCCCO[C@@H]1CSc2c(-c3ccc(F)cc3F)c(C(F)(F)F)cc3c(N4CCN(C(=O)OC(C)(C)C)C[C@@H]4C)nc(=O)n(c23)C1. The molecule has 2 aliphatic heterocycles. The first-order valence-corrected chi connectivity index (χ1v) is 16.2. The number of rotatable bonds is 6. The smallest absolute Gasteiger partial charge is 0.417 e. The lowest BCUT2D eigenvalue weighted by Crippen LogP contribution is -2.55. The number of aromatic nitrogens is 2. The number of carbonyl (C=O) groups is 1. The summed E-state index contributed by atoms with van der Waals surface area (Å²) in [4.78, 5) is 34.1. The van der Waals surface area contributed by atoms with Gasteiger partial charge in [-0.05, 0) is 52.3 Å². The summed E-state index contributed by atoms with van der Waals surface area (Å²) >= 11 is 1.05. The lowest BCUT2D eigenvalue weighted by Gasteiger charge is -2.41. The normalized spacial score (nSPS) is 19.0. The molecule has 250 valence electrons. The van der Waals surface area contributed by atoms with Gasteiger partial charge in [-0.3, -0.25) is 4.57 Å². The van der Waals surface area contributed by atoms with Crippen molar-refractivity contribution in [3.8, 4) is 11.1 Å². The summed E-state index contributed by atoms with van der Waals surface area (Å²) in [7, 11) is 0. The van der Waals surface area contributed by atoms with E-state index in [1.165, 1.54) is 9.47 Å². The Morgan fingerprint density at radius 1 is 1.11 bits per heavy atom. The topological polar surface area (TPSA) is 76.9 Å². The molecule has 0 aliphatic carbocycles. The number of ether oxygens (including phenoxy) is 2. The summed E-state index contributed by atoms with van der Waals surface area (Å²) in [5.74, 6) is -1.85. The number of carbonyl (C=O) groups excluding carboxylic acids is 1. The quantitative estimate of drug-likeness (QED) is 0.205. The zero-order valence-corrected chi connectivity index (χ0v) is 27.2. The minimum atomic E-state index is -4.94. The number of nitrogens with zero attached hydrogens (tertiary/aromatic N) is 4. The fourth-order valence-electron chi connectivity index (χ4n) is 5.80. The Hall–Kier alpha value is -3.39. The molecule has 2 aromatic carbocycles. The first-order valence-electron chi connectivity index (χ1n) is 15.2. The number of alkyl halides is 3. The predicted molar refractivity (Wildman–Crippen MR) is 166 cm³/mol. The average Bonchev–Trinajstić information content (AvgIpc) is 3.15. The molecule has 2 aliphatic rings. The standard InChI is InChI=1S/C32H37F5N4O4S/c1-6-7-12-44-20-16-41-26-22(28(38-29(41)42)40-11-10-39(15-18(40)2)30(43)45-31(3,4)5)14-23(32(35,36)37)25(27(26)46-17-20)21-9-8-19(33)13-24(21)34/h8-9,13-14,18,20H,6-7,10-12,15-17H2,1-5H3/t18-,20-/m0/s1. The number of hydrogen-bond donors (Lipinski definition) is 0. The minimum absolute atomic E-state index is 0.0327. The Kier molecular flexibility index (Phi) is 9.61. The highest BCUT2D eigenvalue weighted by Crippen LogP contribution is 2.49. The zero-order chi connectivity index (χ0) is 33.6. The van der Waals surface area contributed by atoms with Gasteiger partial charge in [0.25, 0.3) is 0 Å². The van der Waals surface area contributed by atoms with Crippen molar-refractivity contribution in [2.45, 2.75) is 82.8 Å². The van der Waals surface area contributed by atoms with Gasteiger partial charge in [0.05, 0.1) is 23.7 Å². The Labute approximate surface area is 267 Å². The van der Waals surface area contributed by atoms with E-state index in [-0.39, 0.29) is 53.5 Å². The number of unbranched alkanes of at least 4 members (excludes halogenated alkanes) is 1. The van der Waals surface area contributed by atoms with Crippen molar-refractivity contribution < 1.29 is 36.2 Å². The predicted octanol–water partition coefficient (Wildman–Crippen LogP) is 7.10. The third-order valence-electron chi connectivity index (χ3n) is 7.91. The highest BCUT2D eigenvalue weighted by Gasteiger charge is 2.40. The molecule has 1 fully saturated rings. The first-order chi connectivity index (χ1) is 21.6. The second kappa shape index (κ2) is 13.0.